The Kier molecular flexibility index (Phi) is 5.70. The van der Waals surface area contributed by atoms with Gasteiger partial charge in [0.25, 0.3) is 0 Å². The van der Waals surface area contributed by atoms with Gasteiger partial charge < -0.3 is 15.3 Å². The van der Waals surface area contributed by atoms with E-state index in [1.165, 1.54) is 5.56 Å². The second-order valence-electron chi connectivity index (χ2n) is 6.87. The monoisotopic (exact) mass is 324 g/mol. The summed E-state index contributed by atoms with van der Waals surface area (Å²) in [7, 11) is 0. The second-order valence-corrected chi connectivity index (χ2v) is 7.31. The molecule has 122 valence electrons. The van der Waals surface area contributed by atoms with E-state index >= 15 is 0 Å². The van der Waals surface area contributed by atoms with E-state index in [1.807, 2.05) is 18.2 Å². The fraction of sp³-hybridized carbons (Fsp3) is 0.588. The van der Waals surface area contributed by atoms with Gasteiger partial charge in [-0.1, -0.05) is 37.6 Å². The van der Waals surface area contributed by atoms with E-state index in [9.17, 15) is 9.90 Å². The molecule has 1 saturated heterocycles. The topological polar surface area (TPSA) is 52.6 Å². The molecule has 1 aliphatic rings. The minimum atomic E-state index is -0.390. The van der Waals surface area contributed by atoms with Crippen molar-refractivity contribution in [3.8, 4) is 0 Å². The van der Waals surface area contributed by atoms with E-state index in [-0.39, 0.29) is 17.6 Å². The van der Waals surface area contributed by atoms with Crippen molar-refractivity contribution >= 4 is 17.6 Å². The summed E-state index contributed by atoms with van der Waals surface area (Å²) in [5.74, 6) is 0. The number of hydrogen-bond donors (Lipinski definition) is 2. The van der Waals surface area contributed by atoms with Gasteiger partial charge in [0.1, 0.15) is 0 Å². The van der Waals surface area contributed by atoms with Crippen LogP contribution in [0.1, 0.15) is 32.3 Å². The smallest absolute Gasteiger partial charge is 0.317 e. The number of halogens is 1. The summed E-state index contributed by atoms with van der Waals surface area (Å²) in [6.45, 7) is 5.99. The van der Waals surface area contributed by atoms with Gasteiger partial charge in [-0.2, -0.15) is 0 Å². The van der Waals surface area contributed by atoms with Crippen molar-refractivity contribution in [2.75, 3.05) is 19.6 Å². The molecule has 2 amide bonds. The summed E-state index contributed by atoms with van der Waals surface area (Å²) < 4.78 is 0. The lowest BCUT2D eigenvalue weighted by Crippen LogP contribution is -2.49. The molecule has 4 nitrogen and oxygen atoms in total. The van der Waals surface area contributed by atoms with Gasteiger partial charge in [0.2, 0.25) is 0 Å². The Morgan fingerprint density at radius 3 is 2.95 bits per heavy atom. The lowest BCUT2D eigenvalue weighted by Gasteiger charge is -2.32. The minimum Gasteiger partial charge on any atom is -0.391 e. The van der Waals surface area contributed by atoms with Crippen LogP contribution in [0.3, 0.4) is 0 Å². The van der Waals surface area contributed by atoms with E-state index in [2.05, 4.69) is 25.2 Å². The van der Waals surface area contributed by atoms with Gasteiger partial charge >= 0.3 is 6.03 Å². The average molecular weight is 325 g/mol. The largest absolute Gasteiger partial charge is 0.391 e. The molecule has 1 atom stereocenters. The number of amides is 2. The van der Waals surface area contributed by atoms with Crippen LogP contribution in [-0.4, -0.2) is 41.8 Å². The predicted molar refractivity (Wildman–Crippen MR) is 89.1 cm³/mol. The number of β-amino-alcohol motifs (C(OH)–C–C–N with tert-alkyl or cyclic N) is 1. The third kappa shape index (κ3) is 5.18. The predicted octanol–water partition coefficient (Wildman–Crippen LogP) is 3.08. The van der Waals surface area contributed by atoms with Gasteiger partial charge in [0.15, 0.2) is 0 Å². The van der Waals surface area contributed by atoms with Crippen LogP contribution < -0.4 is 5.32 Å². The Bertz CT molecular complexity index is 519. The first-order valence-corrected chi connectivity index (χ1v) is 8.19. The highest BCUT2D eigenvalue weighted by molar-refractivity contribution is 6.30. The number of carbonyl (C=O) groups is 1. The molecule has 0 bridgehead atoms. The zero-order valence-corrected chi connectivity index (χ0v) is 14.1. The molecule has 1 aromatic rings. The number of nitrogens with one attached hydrogen (secondary N) is 1. The molecule has 0 spiro atoms. The number of likely N-dealkylation sites (tertiary alicyclic amines) is 1. The van der Waals surface area contributed by atoms with Gasteiger partial charge in [-0.25, -0.2) is 4.79 Å². The highest BCUT2D eigenvalue weighted by Gasteiger charge is 2.24. The van der Waals surface area contributed by atoms with Gasteiger partial charge in [0.05, 0.1) is 6.10 Å². The van der Waals surface area contributed by atoms with E-state index in [0.717, 1.165) is 30.8 Å². The summed E-state index contributed by atoms with van der Waals surface area (Å²) in [6.07, 6.45) is 2.10. The number of aliphatic hydroxyl groups is 1. The molecule has 1 aliphatic heterocycles. The number of carbonyl (C=O) groups excluding carboxylic acids is 1. The first kappa shape index (κ1) is 17.1. The van der Waals surface area contributed by atoms with Crippen molar-refractivity contribution in [1.29, 1.82) is 0 Å². The van der Waals surface area contributed by atoms with Crippen LogP contribution in [0.25, 0.3) is 0 Å². The fourth-order valence-electron chi connectivity index (χ4n) is 2.83. The maximum absolute atomic E-state index is 12.2. The lowest BCUT2D eigenvalue weighted by atomic mass is 9.86. The molecular formula is C17H25ClN2O2. The molecule has 22 heavy (non-hydrogen) atoms. The summed E-state index contributed by atoms with van der Waals surface area (Å²) >= 11 is 6.02. The fourth-order valence-corrected chi connectivity index (χ4v) is 3.04. The number of nitrogens with zero attached hydrogens (tertiary/aromatic N) is 1. The quantitative estimate of drug-likeness (QED) is 0.894. The number of hydrogen-bond acceptors (Lipinski definition) is 2. The summed E-state index contributed by atoms with van der Waals surface area (Å²) in [6, 6.07) is 7.74. The van der Waals surface area contributed by atoms with E-state index in [4.69, 9.17) is 11.6 Å². The molecule has 2 rings (SSSR count). The first-order valence-electron chi connectivity index (χ1n) is 7.81. The molecule has 0 aromatic heterocycles. The third-order valence-corrected chi connectivity index (χ3v) is 4.21. The Hall–Kier alpha value is -1.26. The Morgan fingerprint density at radius 1 is 1.50 bits per heavy atom. The zero-order valence-electron chi connectivity index (χ0n) is 13.3. The number of aliphatic hydroxyl groups excluding tert-OH is 1. The van der Waals surface area contributed by atoms with Crippen LogP contribution in [0.4, 0.5) is 4.79 Å². The molecule has 0 aliphatic carbocycles. The van der Waals surface area contributed by atoms with Crippen molar-refractivity contribution in [3.05, 3.63) is 34.9 Å². The highest BCUT2D eigenvalue weighted by Crippen LogP contribution is 2.23. The average Bonchev–Trinajstić information content (AvgIpc) is 2.44. The van der Waals surface area contributed by atoms with Crippen LogP contribution in [0.5, 0.6) is 0 Å². The number of rotatable bonds is 4. The first-order chi connectivity index (χ1) is 10.4. The second kappa shape index (κ2) is 7.34. The van der Waals surface area contributed by atoms with Gasteiger partial charge in [-0.05, 0) is 42.4 Å². The Labute approximate surface area is 137 Å². The summed E-state index contributed by atoms with van der Waals surface area (Å²) in [4.78, 5) is 13.9. The summed E-state index contributed by atoms with van der Waals surface area (Å²) in [5, 5.41) is 13.4. The van der Waals surface area contributed by atoms with Crippen LogP contribution in [0.15, 0.2) is 24.3 Å². The molecule has 1 aromatic carbocycles. The number of urea groups is 1. The molecule has 2 N–H and O–H groups in total. The van der Waals surface area contributed by atoms with E-state index in [1.54, 1.807) is 4.90 Å². The van der Waals surface area contributed by atoms with Crippen LogP contribution in [0.2, 0.25) is 5.02 Å². The van der Waals surface area contributed by atoms with Crippen molar-refractivity contribution < 1.29 is 9.90 Å². The third-order valence-electron chi connectivity index (χ3n) is 3.97. The Morgan fingerprint density at radius 2 is 2.27 bits per heavy atom. The number of piperidine rings is 1. The van der Waals surface area contributed by atoms with Crippen LogP contribution in [-0.2, 0) is 6.42 Å². The van der Waals surface area contributed by atoms with Crippen molar-refractivity contribution in [1.82, 2.24) is 10.2 Å². The normalized spacial score (nSPS) is 19.1. The van der Waals surface area contributed by atoms with Crippen LogP contribution >= 0.6 is 11.6 Å². The molecule has 5 heteroatoms. The SMILES string of the molecule is CC(C)(CNC(=O)N1CCCC(O)C1)Cc1cccc(Cl)c1. The standard InChI is InChI=1S/C17H25ClN2O2/c1-17(2,10-13-5-3-6-14(18)9-13)12-19-16(22)20-8-4-7-15(21)11-20/h3,5-6,9,15,21H,4,7-8,10-12H2,1-2H3,(H,19,22). The van der Waals surface area contributed by atoms with Crippen molar-refractivity contribution in [2.45, 2.75) is 39.2 Å². The highest BCUT2D eigenvalue weighted by atomic mass is 35.5. The maximum Gasteiger partial charge on any atom is 0.317 e. The number of benzene rings is 1. The molecule has 0 radical (unpaired) electrons. The molecule has 1 unspecified atom stereocenters. The van der Waals surface area contributed by atoms with Crippen LogP contribution in [0, 0.1) is 5.41 Å². The molecule has 0 saturated carbocycles. The zero-order chi connectivity index (χ0) is 16.2. The molecule has 1 fully saturated rings. The minimum absolute atomic E-state index is 0.0608. The van der Waals surface area contributed by atoms with E-state index in [0.29, 0.717) is 13.1 Å². The van der Waals surface area contributed by atoms with E-state index < -0.39 is 0 Å². The summed E-state index contributed by atoms with van der Waals surface area (Å²) in [5.41, 5.74) is 1.11. The molecular weight excluding hydrogens is 300 g/mol. The van der Waals surface area contributed by atoms with Crippen molar-refractivity contribution in [3.63, 3.8) is 0 Å². The van der Waals surface area contributed by atoms with Gasteiger partial charge in [-0.3, -0.25) is 0 Å². The Balaban J connectivity index is 1.85. The maximum atomic E-state index is 12.2. The van der Waals surface area contributed by atoms with Crippen molar-refractivity contribution in [2.24, 2.45) is 5.41 Å². The van der Waals surface area contributed by atoms with Gasteiger partial charge in [-0.15, -0.1) is 0 Å². The van der Waals surface area contributed by atoms with Gasteiger partial charge in [0, 0.05) is 24.7 Å². The lowest BCUT2D eigenvalue weighted by molar-refractivity contribution is 0.0834. The molecule has 1 heterocycles.